The smallest absolute Gasteiger partial charge is 0.119 e. The maximum Gasteiger partial charge on any atom is 0.119 e. The molecule has 0 saturated heterocycles. The summed E-state index contributed by atoms with van der Waals surface area (Å²) in [5.74, 6) is 0.897. The van der Waals surface area contributed by atoms with Gasteiger partial charge in [-0.3, -0.25) is 0 Å². The Morgan fingerprint density at radius 1 is 1.29 bits per heavy atom. The van der Waals surface area contributed by atoms with E-state index < -0.39 is 0 Å². The molecule has 0 aromatic heterocycles. The molecular weight excluding hydrogens is 214 g/mol. The van der Waals surface area contributed by atoms with Gasteiger partial charge in [-0.25, -0.2) is 0 Å². The monoisotopic (exact) mass is 237 g/mol. The van der Waals surface area contributed by atoms with Gasteiger partial charge >= 0.3 is 0 Å². The fraction of sp³-hybridized carbons (Fsp3) is 0.571. The van der Waals surface area contributed by atoms with E-state index >= 15 is 0 Å². The van der Waals surface area contributed by atoms with Crippen molar-refractivity contribution in [3.63, 3.8) is 0 Å². The molecule has 17 heavy (non-hydrogen) atoms. The molecule has 1 rings (SSSR count). The lowest BCUT2D eigenvalue weighted by Gasteiger charge is -2.17. The Bertz CT molecular complexity index is 333. The summed E-state index contributed by atoms with van der Waals surface area (Å²) in [5, 5.41) is 12.2. The Balaban J connectivity index is 2.49. The van der Waals surface area contributed by atoms with Crippen LogP contribution in [0, 0.1) is 13.8 Å². The Kier molecular flexibility index (Phi) is 6.01. The van der Waals surface area contributed by atoms with E-state index in [1.807, 2.05) is 6.07 Å². The third-order valence-corrected chi connectivity index (χ3v) is 2.90. The molecule has 0 radical (unpaired) electrons. The van der Waals surface area contributed by atoms with Crippen LogP contribution < -0.4 is 10.1 Å². The van der Waals surface area contributed by atoms with Gasteiger partial charge in [-0.15, -0.1) is 0 Å². The minimum atomic E-state index is 0.188. The van der Waals surface area contributed by atoms with Gasteiger partial charge in [-0.1, -0.05) is 13.0 Å². The minimum absolute atomic E-state index is 0.188. The molecule has 0 aliphatic carbocycles. The minimum Gasteiger partial charge on any atom is -0.492 e. The van der Waals surface area contributed by atoms with Crippen molar-refractivity contribution in [2.75, 3.05) is 19.8 Å². The van der Waals surface area contributed by atoms with Crippen molar-refractivity contribution in [3.05, 3.63) is 29.3 Å². The summed E-state index contributed by atoms with van der Waals surface area (Å²) in [6, 6.07) is 6.33. The van der Waals surface area contributed by atoms with Crippen molar-refractivity contribution >= 4 is 0 Å². The molecule has 1 unspecified atom stereocenters. The summed E-state index contributed by atoms with van der Waals surface area (Å²) in [6.07, 6.45) is 0.721. The van der Waals surface area contributed by atoms with E-state index in [4.69, 9.17) is 9.84 Å². The topological polar surface area (TPSA) is 41.5 Å². The first-order valence-electron chi connectivity index (χ1n) is 6.21. The van der Waals surface area contributed by atoms with Crippen LogP contribution in [0.15, 0.2) is 18.2 Å². The lowest BCUT2D eigenvalue weighted by atomic mass is 10.1. The van der Waals surface area contributed by atoms with Gasteiger partial charge in [0.2, 0.25) is 0 Å². The Labute approximate surface area is 104 Å². The van der Waals surface area contributed by atoms with Gasteiger partial charge in [-0.2, -0.15) is 0 Å². The second-order valence-corrected chi connectivity index (χ2v) is 4.32. The summed E-state index contributed by atoms with van der Waals surface area (Å²) < 4.78 is 5.74. The first-order valence-corrected chi connectivity index (χ1v) is 6.21. The van der Waals surface area contributed by atoms with E-state index in [1.54, 1.807) is 0 Å². The van der Waals surface area contributed by atoms with E-state index in [2.05, 4.69) is 38.2 Å². The maximum absolute atomic E-state index is 8.95. The Morgan fingerprint density at radius 2 is 2.06 bits per heavy atom. The molecule has 96 valence electrons. The van der Waals surface area contributed by atoms with E-state index in [-0.39, 0.29) is 12.6 Å². The maximum atomic E-state index is 8.95. The van der Waals surface area contributed by atoms with Crippen LogP contribution in [-0.2, 0) is 0 Å². The second kappa shape index (κ2) is 7.30. The van der Waals surface area contributed by atoms with Crippen molar-refractivity contribution in [1.29, 1.82) is 0 Å². The van der Waals surface area contributed by atoms with Gasteiger partial charge in [0.25, 0.3) is 0 Å². The molecule has 1 aromatic carbocycles. The molecule has 1 atom stereocenters. The zero-order valence-electron chi connectivity index (χ0n) is 11.0. The Morgan fingerprint density at radius 3 is 2.65 bits per heavy atom. The zero-order chi connectivity index (χ0) is 12.7. The lowest BCUT2D eigenvalue weighted by Crippen LogP contribution is -2.35. The van der Waals surface area contributed by atoms with Crippen molar-refractivity contribution in [3.8, 4) is 5.75 Å². The number of rotatable bonds is 7. The first kappa shape index (κ1) is 14.0. The third kappa shape index (κ3) is 4.75. The van der Waals surface area contributed by atoms with E-state index in [0.717, 1.165) is 18.7 Å². The highest BCUT2D eigenvalue weighted by Crippen LogP contribution is 2.16. The average molecular weight is 237 g/mol. The van der Waals surface area contributed by atoms with Gasteiger partial charge in [0, 0.05) is 12.6 Å². The third-order valence-electron chi connectivity index (χ3n) is 2.90. The van der Waals surface area contributed by atoms with Crippen LogP contribution in [0.2, 0.25) is 0 Å². The summed E-state index contributed by atoms with van der Waals surface area (Å²) in [7, 11) is 0. The molecule has 3 nitrogen and oxygen atoms in total. The van der Waals surface area contributed by atoms with Crippen LogP contribution >= 0.6 is 0 Å². The van der Waals surface area contributed by atoms with Crippen LogP contribution in [0.1, 0.15) is 24.5 Å². The van der Waals surface area contributed by atoms with Crippen molar-refractivity contribution in [2.24, 2.45) is 0 Å². The van der Waals surface area contributed by atoms with Gasteiger partial charge in [0.05, 0.1) is 0 Å². The second-order valence-electron chi connectivity index (χ2n) is 4.32. The number of aliphatic hydroxyl groups is 1. The van der Waals surface area contributed by atoms with Crippen molar-refractivity contribution < 1.29 is 9.84 Å². The molecule has 1 aromatic rings. The molecule has 3 heteroatoms. The first-order chi connectivity index (χ1) is 8.17. The standard InChI is InChI=1S/C14H23NO2/c1-4-15-13(7-8-16)10-17-14-6-5-11(2)12(3)9-14/h5-6,9,13,15-16H,4,7-8,10H2,1-3H3. The highest BCUT2D eigenvalue weighted by Gasteiger charge is 2.07. The molecule has 0 amide bonds. The Hall–Kier alpha value is -1.06. The number of likely N-dealkylation sites (N-methyl/N-ethyl adjacent to an activating group) is 1. The normalized spacial score (nSPS) is 12.5. The van der Waals surface area contributed by atoms with E-state index in [1.165, 1.54) is 11.1 Å². The number of hydrogen-bond acceptors (Lipinski definition) is 3. The molecule has 0 saturated carbocycles. The number of nitrogens with one attached hydrogen (secondary N) is 1. The molecule has 2 N–H and O–H groups in total. The van der Waals surface area contributed by atoms with Crippen LogP contribution in [0.4, 0.5) is 0 Å². The largest absolute Gasteiger partial charge is 0.492 e. The van der Waals surface area contributed by atoms with Crippen molar-refractivity contribution in [1.82, 2.24) is 5.32 Å². The molecule has 0 aliphatic rings. The van der Waals surface area contributed by atoms with Crippen molar-refractivity contribution in [2.45, 2.75) is 33.2 Å². The number of aliphatic hydroxyl groups excluding tert-OH is 1. The SMILES string of the molecule is CCNC(CCO)COc1ccc(C)c(C)c1. The molecule has 0 spiro atoms. The summed E-state index contributed by atoms with van der Waals surface area (Å²) in [4.78, 5) is 0. The summed E-state index contributed by atoms with van der Waals surface area (Å²) in [5.41, 5.74) is 2.51. The number of hydrogen-bond donors (Lipinski definition) is 2. The van der Waals surface area contributed by atoms with Gasteiger partial charge in [0.15, 0.2) is 0 Å². The van der Waals surface area contributed by atoms with E-state index in [9.17, 15) is 0 Å². The number of benzene rings is 1. The fourth-order valence-electron chi connectivity index (χ4n) is 1.69. The number of aryl methyl sites for hydroxylation is 2. The highest BCUT2D eigenvalue weighted by molar-refractivity contribution is 5.33. The van der Waals surface area contributed by atoms with Crippen LogP contribution in [0.3, 0.4) is 0 Å². The summed E-state index contributed by atoms with van der Waals surface area (Å²) in [6.45, 7) is 7.90. The quantitative estimate of drug-likeness (QED) is 0.762. The molecule has 0 heterocycles. The molecule has 0 aliphatic heterocycles. The predicted octanol–water partition coefficient (Wildman–Crippen LogP) is 2.04. The molecule has 0 fully saturated rings. The summed E-state index contributed by atoms with van der Waals surface area (Å²) >= 11 is 0. The molecule has 0 bridgehead atoms. The lowest BCUT2D eigenvalue weighted by molar-refractivity contribution is 0.215. The average Bonchev–Trinajstić information content (AvgIpc) is 2.31. The number of ether oxygens (including phenoxy) is 1. The van der Waals surface area contributed by atoms with E-state index in [0.29, 0.717) is 6.61 Å². The molecular formula is C14H23NO2. The van der Waals surface area contributed by atoms with Gasteiger partial charge in [-0.05, 0) is 50.1 Å². The van der Waals surface area contributed by atoms with Crippen LogP contribution in [0.5, 0.6) is 5.75 Å². The fourth-order valence-corrected chi connectivity index (χ4v) is 1.69. The van der Waals surface area contributed by atoms with Crippen LogP contribution in [-0.4, -0.2) is 30.9 Å². The zero-order valence-corrected chi connectivity index (χ0v) is 11.0. The predicted molar refractivity (Wildman–Crippen MR) is 70.6 cm³/mol. The van der Waals surface area contributed by atoms with Crippen LogP contribution in [0.25, 0.3) is 0 Å². The van der Waals surface area contributed by atoms with Gasteiger partial charge < -0.3 is 15.2 Å². The highest BCUT2D eigenvalue weighted by atomic mass is 16.5. The van der Waals surface area contributed by atoms with Gasteiger partial charge in [0.1, 0.15) is 12.4 Å².